The van der Waals surface area contributed by atoms with E-state index in [4.69, 9.17) is 21.1 Å². The predicted octanol–water partition coefficient (Wildman–Crippen LogP) is 5.25. The molecule has 0 aliphatic heterocycles. The van der Waals surface area contributed by atoms with Crippen LogP contribution < -0.4 is 14.4 Å². The average Bonchev–Trinajstić information content (AvgIpc) is 3.33. The molecule has 8 heteroatoms. The van der Waals surface area contributed by atoms with Crippen LogP contribution in [0.2, 0.25) is 5.02 Å². The highest BCUT2D eigenvalue weighted by molar-refractivity contribution is 7.20. The Labute approximate surface area is 183 Å². The number of anilines is 1. The normalized spacial score (nSPS) is 11.0. The van der Waals surface area contributed by atoms with Gasteiger partial charge in [-0.05, 0) is 48.5 Å². The number of aromatic nitrogens is 2. The van der Waals surface area contributed by atoms with Crippen LogP contribution in [0.25, 0.3) is 21.5 Å². The molecule has 2 aromatic heterocycles. The molecule has 0 aliphatic rings. The number of fused-ring (bicyclic) bond motifs is 1. The molecule has 2 aromatic carbocycles. The van der Waals surface area contributed by atoms with E-state index >= 15 is 0 Å². The fourth-order valence-corrected chi connectivity index (χ4v) is 4.46. The first-order chi connectivity index (χ1) is 14.4. The van der Waals surface area contributed by atoms with E-state index < -0.39 is 0 Å². The minimum atomic E-state index is -0.0863. The second kappa shape index (κ2) is 8.01. The van der Waals surface area contributed by atoms with Gasteiger partial charge in [0.05, 0.1) is 19.1 Å². The number of halogens is 1. The summed E-state index contributed by atoms with van der Waals surface area (Å²) in [7, 11) is 6.83. The Kier molecular flexibility index (Phi) is 5.40. The lowest BCUT2D eigenvalue weighted by molar-refractivity contribution is 0.0997. The van der Waals surface area contributed by atoms with E-state index in [1.165, 1.54) is 11.3 Å². The molecule has 0 fully saturated rings. The largest absolute Gasteiger partial charge is 0.493 e. The number of amides is 1. The SMILES string of the molecule is COc1ccc(-c2nn(C)c3sc(C(=O)N(C)c4ccc(Cl)cc4)cc23)cc1OC. The van der Waals surface area contributed by atoms with E-state index in [1.54, 1.807) is 43.0 Å². The Morgan fingerprint density at radius 2 is 1.77 bits per heavy atom. The Balaban J connectivity index is 1.73. The molecule has 0 spiro atoms. The third-order valence-corrected chi connectivity index (χ3v) is 6.34. The van der Waals surface area contributed by atoms with Gasteiger partial charge in [-0.25, -0.2) is 0 Å². The maximum atomic E-state index is 13.1. The smallest absolute Gasteiger partial charge is 0.268 e. The van der Waals surface area contributed by atoms with E-state index in [-0.39, 0.29) is 5.91 Å². The summed E-state index contributed by atoms with van der Waals surface area (Å²) < 4.78 is 12.5. The standard InChI is InChI=1S/C22H20ClN3O3S/c1-25(15-8-6-14(23)7-9-15)21(27)19-12-16-20(24-26(2)22(16)30-19)13-5-10-17(28-3)18(11-13)29-4/h5-12H,1-4H3. The van der Waals surface area contributed by atoms with Gasteiger partial charge in [0.2, 0.25) is 0 Å². The molecule has 4 rings (SSSR count). The van der Waals surface area contributed by atoms with Gasteiger partial charge in [-0.15, -0.1) is 11.3 Å². The molecule has 0 radical (unpaired) electrons. The first-order valence-electron chi connectivity index (χ1n) is 9.15. The highest BCUT2D eigenvalue weighted by Gasteiger charge is 2.21. The molecular weight excluding hydrogens is 422 g/mol. The van der Waals surface area contributed by atoms with Crippen LogP contribution in [0, 0.1) is 0 Å². The van der Waals surface area contributed by atoms with Crippen molar-refractivity contribution in [2.75, 3.05) is 26.2 Å². The fraction of sp³-hybridized carbons (Fsp3) is 0.182. The Bertz CT molecular complexity index is 1230. The zero-order valence-corrected chi connectivity index (χ0v) is 18.5. The van der Waals surface area contributed by atoms with Gasteiger partial charge < -0.3 is 14.4 Å². The van der Waals surface area contributed by atoms with Crippen molar-refractivity contribution in [2.24, 2.45) is 7.05 Å². The number of nitrogens with zero attached hydrogens (tertiary/aromatic N) is 3. The molecule has 0 bridgehead atoms. The molecule has 2 heterocycles. The van der Waals surface area contributed by atoms with Crippen LogP contribution in [-0.2, 0) is 7.05 Å². The van der Waals surface area contributed by atoms with Crippen LogP contribution in [0.1, 0.15) is 9.67 Å². The van der Waals surface area contributed by atoms with E-state index in [9.17, 15) is 4.79 Å². The van der Waals surface area contributed by atoms with Crippen molar-refractivity contribution in [2.45, 2.75) is 0 Å². The number of carbonyl (C=O) groups excluding carboxylic acids is 1. The van der Waals surface area contributed by atoms with Crippen molar-refractivity contribution in [3.05, 3.63) is 58.4 Å². The fourth-order valence-electron chi connectivity index (χ4n) is 3.29. The number of rotatable bonds is 5. The van der Waals surface area contributed by atoms with Crippen molar-refractivity contribution >= 4 is 44.7 Å². The lowest BCUT2D eigenvalue weighted by Crippen LogP contribution is -2.25. The molecule has 30 heavy (non-hydrogen) atoms. The Morgan fingerprint density at radius 3 is 2.43 bits per heavy atom. The van der Waals surface area contributed by atoms with Crippen molar-refractivity contribution < 1.29 is 14.3 Å². The molecule has 4 aromatic rings. The van der Waals surface area contributed by atoms with Gasteiger partial charge in [0.25, 0.3) is 5.91 Å². The monoisotopic (exact) mass is 441 g/mol. The van der Waals surface area contributed by atoms with Gasteiger partial charge in [-0.3, -0.25) is 9.48 Å². The molecular formula is C22H20ClN3O3S. The molecule has 0 aliphatic carbocycles. The number of hydrogen-bond donors (Lipinski definition) is 0. The van der Waals surface area contributed by atoms with Gasteiger partial charge >= 0.3 is 0 Å². The lowest BCUT2D eigenvalue weighted by atomic mass is 10.1. The van der Waals surface area contributed by atoms with E-state index in [1.807, 2.05) is 43.4 Å². The second-order valence-electron chi connectivity index (χ2n) is 6.71. The maximum Gasteiger partial charge on any atom is 0.268 e. The number of aryl methyl sites for hydroxylation is 1. The molecule has 154 valence electrons. The van der Waals surface area contributed by atoms with Gasteiger partial charge in [0.15, 0.2) is 11.5 Å². The molecule has 0 saturated heterocycles. The van der Waals surface area contributed by atoms with Crippen molar-refractivity contribution in [1.82, 2.24) is 9.78 Å². The van der Waals surface area contributed by atoms with Crippen LogP contribution >= 0.6 is 22.9 Å². The second-order valence-corrected chi connectivity index (χ2v) is 8.18. The van der Waals surface area contributed by atoms with Crippen LogP contribution in [0.15, 0.2) is 48.5 Å². The number of ether oxygens (including phenoxy) is 2. The van der Waals surface area contributed by atoms with Gasteiger partial charge in [0.1, 0.15) is 10.5 Å². The summed E-state index contributed by atoms with van der Waals surface area (Å²) in [6.45, 7) is 0. The van der Waals surface area contributed by atoms with E-state index in [0.29, 0.717) is 21.4 Å². The predicted molar refractivity (Wildman–Crippen MR) is 121 cm³/mol. The van der Waals surface area contributed by atoms with Crippen LogP contribution in [-0.4, -0.2) is 37.0 Å². The highest BCUT2D eigenvalue weighted by atomic mass is 35.5. The molecule has 6 nitrogen and oxygen atoms in total. The molecule has 0 saturated carbocycles. The number of methoxy groups -OCH3 is 2. The van der Waals surface area contributed by atoms with Crippen molar-refractivity contribution in [1.29, 1.82) is 0 Å². The third kappa shape index (κ3) is 3.51. The van der Waals surface area contributed by atoms with E-state index in [0.717, 1.165) is 27.2 Å². The molecule has 0 atom stereocenters. The molecule has 0 unspecified atom stereocenters. The number of hydrogen-bond acceptors (Lipinski definition) is 5. The van der Waals surface area contributed by atoms with E-state index in [2.05, 4.69) is 5.10 Å². The lowest BCUT2D eigenvalue weighted by Gasteiger charge is -2.16. The number of carbonyl (C=O) groups is 1. The van der Waals surface area contributed by atoms with Crippen LogP contribution in [0.3, 0.4) is 0 Å². The maximum absolute atomic E-state index is 13.1. The zero-order valence-electron chi connectivity index (χ0n) is 17.0. The van der Waals surface area contributed by atoms with Crippen molar-refractivity contribution in [3.8, 4) is 22.8 Å². The molecule has 1 amide bonds. The average molecular weight is 442 g/mol. The minimum absolute atomic E-state index is 0.0863. The van der Waals surface area contributed by atoms with Gasteiger partial charge in [-0.2, -0.15) is 5.10 Å². The summed E-state index contributed by atoms with van der Waals surface area (Å²) in [5.74, 6) is 1.19. The van der Waals surface area contributed by atoms with Gasteiger partial charge in [0, 0.05) is 35.8 Å². The highest BCUT2D eigenvalue weighted by Crippen LogP contribution is 2.38. The van der Waals surface area contributed by atoms with Crippen LogP contribution in [0.4, 0.5) is 5.69 Å². The summed E-state index contributed by atoms with van der Waals surface area (Å²) in [6, 6.07) is 14.8. The summed E-state index contributed by atoms with van der Waals surface area (Å²) in [5, 5.41) is 6.21. The summed E-state index contributed by atoms with van der Waals surface area (Å²) in [6.07, 6.45) is 0. The first kappa shape index (κ1) is 20.3. The summed E-state index contributed by atoms with van der Waals surface area (Å²) >= 11 is 7.38. The topological polar surface area (TPSA) is 56.6 Å². The minimum Gasteiger partial charge on any atom is -0.493 e. The number of thiophene rings is 1. The zero-order chi connectivity index (χ0) is 21.4. The number of benzene rings is 2. The third-order valence-electron chi connectivity index (χ3n) is 4.90. The van der Waals surface area contributed by atoms with Crippen LogP contribution in [0.5, 0.6) is 11.5 Å². The Morgan fingerprint density at radius 1 is 1.07 bits per heavy atom. The summed E-state index contributed by atoms with van der Waals surface area (Å²) in [4.78, 5) is 16.3. The quantitative estimate of drug-likeness (QED) is 0.424. The van der Waals surface area contributed by atoms with Gasteiger partial charge in [-0.1, -0.05) is 11.6 Å². The molecule has 0 N–H and O–H groups in total. The summed E-state index contributed by atoms with van der Waals surface area (Å²) in [5.41, 5.74) is 2.46. The Hall–Kier alpha value is -3.03. The van der Waals surface area contributed by atoms with Crippen molar-refractivity contribution in [3.63, 3.8) is 0 Å². The first-order valence-corrected chi connectivity index (χ1v) is 10.3.